The molecule has 0 aliphatic carbocycles. The highest BCUT2D eigenvalue weighted by Crippen LogP contribution is 2.18. The Balaban J connectivity index is 2.45. The van der Waals surface area contributed by atoms with E-state index in [-0.39, 0.29) is 23.2 Å². The van der Waals surface area contributed by atoms with Crippen LogP contribution < -0.4 is 4.74 Å². The van der Waals surface area contributed by atoms with Crippen LogP contribution in [0.4, 0.5) is 0 Å². The average Bonchev–Trinajstić information content (AvgIpc) is 2.33. The number of carboxylic acid groups (broad SMARTS) is 1. The molecule has 0 fully saturated rings. The van der Waals surface area contributed by atoms with Crippen molar-refractivity contribution in [2.75, 3.05) is 19.8 Å². The highest BCUT2D eigenvalue weighted by atomic mass is 35.5. The Bertz CT molecular complexity index is 398. The van der Waals surface area contributed by atoms with Crippen LogP contribution in [0.2, 0.25) is 5.15 Å². The van der Waals surface area contributed by atoms with Gasteiger partial charge in [-0.05, 0) is 18.6 Å². The lowest BCUT2D eigenvalue weighted by molar-refractivity contribution is 0.0682. The minimum absolute atomic E-state index is 0.00652. The lowest BCUT2D eigenvalue weighted by Crippen LogP contribution is -2.11. The summed E-state index contributed by atoms with van der Waals surface area (Å²) >= 11 is 5.69. The second-order valence-electron chi connectivity index (χ2n) is 3.61. The van der Waals surface area contributed by atoms with Crippen LogP contribution in [0.3, 0.4) is 0 Å². The molecule has 1 aromatic rings. The lowest BCUT2D eigenvalue weighted by Gasteiger charge is -2.08. The van der Waals surface area contributed by atoms with E-state index in [1.807, 2.05) is 0 Å². The Hall–Kier alpha value is -1.33. The minimum atomic E-state index is -1.10. The smallest absolute Gasteiger partial charge is 0.341 e. The third kappa shape index (κ3) is 4.89. The van der Waals surface area contributed by atoms with Gasteiger partial charge in [0.1, 0.15) is 17.3 Å². The first-order valence-electron chi connectivity index (χ1n) is 5.75. The summed E-state index contributed by atoms with van der Waals surface area (Å²) in [5.41, 5.74) is -0.00652. The molecule has 5 nitrogen and oxygen atoms in total. The molecule has 6 heteroatoms. The average molecular weight is 274 g/mol. The van der Waals surface area contributed by atoms with E-state index < -0.39 is 5.97 Å². The van der Waals surface area contributed by atoms with Gasteiger partial charge in [-0.3, -0.25) is 0 Å². The molecule has 1 rings (SSSR count). The quantitative estimate of drug-likeness (QED) is 0.582. The molecule has 18 heavy (non-hydrogen) atoms. The second kappa shape index (κ2) is 7.89. The number of hydrogen-bond acceptors (Lipinski definition) is 4. The van der Waals surface area contributed by atoms with E-state index in [4.69, 9.17) is 26.2 Å². The second-order valence-corrected chi connectivity index (χ2v) is 3.99. The number of pyridine rings is 1. The van der Waals surface area contributed by atoms with Gasteiger partial charge in [-0.2, -0.15) is 0 Å². The fourth-order valence-corrected chi connectivity index (χ4v) is 1.38. The number of hydrogen-bond donors (Lipinski definition) is 1. The van der Waals surface area contributed by atoms with Crippen molar-refractivity contribution in [1.29, 1.82) is 0 Å². The summed E-state index contributed by atoms with van der Waals surface area (Å²) in [6.45, 7) is 3.40. The van der Waals surface area contributed by atoms with E-state index in [1.165, 1.54) is 12.1 Å². The molecule has 0 unspecified atom stereocenters. The summed E-state index contributed by atoms with van der Waals surface area (Å²) in [7, 11) is 0. The van der Waals surface area contributed by atoms with Crippen LogP contribution in [0, 0.1) is 0 Å². The fraction of sp³-hybridized carbons (Fsp3) is 0.500. The van der Waals surface area contributed by atoms with Crippen LogP contribution in [-0.4, -0.2) is 35.9 Å². The van der Waals surface area contributed by atoms with Crippen molar-refractivity contribution in [3.05, 3.63) is 22.8 Å². The highest BCUT2D eigenvalue weighted by Gasteiger charge is 2.13. The molecule has 0 saturated carbocycles. The summed E-state index contributed by atoms with van der Waals surface area (Å²) in [5.74, 6) is -1.07. The van der Waals surface area contributed by atoms with Crippen molar-refractivity contribution >= 4 is 17.6 Å². The van der Waals surface area contributed by atoms with Gasteiger partial charge in [0.2, 0.25) is 5.88 Å². The maximum absolute atomic E-state index is 10.9. The highest BCUT2D eigenvalue weighted by molar-refractivity contribution is 6.29. The largest absolute Gasteiger partial charge is 0.477 e. The van der Waals surface area contributed by atoms with Crippen molar-refractivity contribution in [2.45, 2.75) is 19.8 Å². The van der Waals surface area contributed by atoms with Crippen LogP contribution in [0.25, 0.3) is 0 Å². The van der Waals surface area contributed by atoms with Gasteiger partial charge >= 0.3 is 5.97 Å². The molecular formula is C12H16ClNO4. The van der Waals surface area contributed by atoms with Crippen molar-refractivity contribution in [3.8, 4) is 5.88 Å². The molecule has 100 valence electrons. The maximum atomic E-state index is 10.9. The van der Waals surface area contributed by atoms with E-state index in [1.54, 1.807) is 0 Å². The summed E-state index contributed by atoms with van der Waals surface area (Å²) < 4.78 is 10.6. The number of carboxylic acids is 1. The molecule has 1 aromatic heterocycles. The Kier molecular flexibility index (Phi) is 6.46. The molecule has 0 aliphatic rings. The molecule has 0 aliphatic heterocycles. The number of ether oxygens (including phenoxy) is 2. The van der Waals surface area contributed by atoms with Crippen molar-refractivity contribution in [3.63, 3.8) is 0 Å². The maximum Gasteiger partial charge on any atom is 0.341 e. The first-order valence-corrected chi connectivity index (χ1v) is 6.13. The zero-order chi connectivity index (χ0) is 13.4. The van der Waals surface area contributed by atoms with Crippen molar-refractivity contribution in [1.82, 2.24) is 4.98 Å². The number of halogens is 1. The summed E-state index contributed by atoms with van der Waals surface area (Å²) in [5, 5.41) is 9.13. The molecule has 0 saturated heterocycles. The Labute approximate surface area is 111 Å². The van der Waals surface area contributed by atoms with Crippen LogP contribution in [0.15, 0.2) is 12.1 Å². The van der Waals surface area contributed by atoms with Gasteiger partial charge < -0.3 is 14.6 Å². The molecule has 1 heterocycles. The van der Waals surface area contributed by atoms with E-state index in [0.29, 0.717) is 13.2 Å². The molecule has 0 amide bonds. The number of aromatic carboxylic acids is 1. The topological polar surface area (TPSA) is 68.7 Å². The van der Waals surface area contributed by atoms with Crippen LogP contribution in [0.5, 0.6) is 5.88 Å². The minimum Gasteiger partial charge on any atom is -0.477 e. The zero-order valence-electron chi connectivity index (χ0n) is 10.2. The first-order chi connectivity index (χ1) is 8.65. The predicted octanol–water partition coefficient (Wildman–Crippen LogP) is 2.63. The Morgan fingerprint density at radius 3 is 2.83 bits per heavy atom. The van der Waals surface area contributed by atoms with Gasteiger partial charge in [0, 0.05) is 6.61 Å². The molecular weight excluding hydrogens is 258 g/mol. The van der Waals surface area contributed by atoms with E-state index in [9.17, 15) is 4.79 Å². The monoisotopic (exact) mass is 273 g/mol. The third-order valence-electron chi connectivity index (χ3n) is 2.17. The van der Waals surface area contributed by atoms with Gasteiger partial charge in [0.15, 0.2) is 0 Å². The molecule has 1 N–H and O–H groups in total. The number of carbonyl (C=O) groups is 1. The molecule has 0 atom stereocenters. The van der Waals surface area contributed by atoms with Gasteiger partial charge in [-0.15, -0.1) is 0 Å². The zero-order valence-corrected chi connectivity index (χ0v) is 10.9. The van der Waals surface area contributed by atoms with Crippen LogP contribution in [-0.2, 0) is 4.74 Å². The van der Waals surface area contributed by atoms with Crippen molar-refractivity contribution in [2.24, 2.45) is 0 Å². The Morgan fingerprint density at radius 1 is 1.39 bits per heavy atom. The number of rotatable bonds is 8. The first kappa shape index (κ1) is 14.7. The summed E-state index contributed by atoms with van der Waals surface area (Å²) in [6, 6.07) is 2.78. The SMILES string of the molecule is CCCCOCCOc1nc(Cl)ccc1C(=O)O. The van der Waals surface area contributed by atoms with Crippen LogP contribution in [0.1, 0.15) is 30.1 Å². The predicted molar refractivity (Wildman–Crippen MR) is 67.4 cm³/mol. The van der Waals surface area contributed by atoms with Crippen LogP contribution >= 0.6 is 11.6 Å². The van der Waals surface area contributed by atoms with E-state index >= 15 is 0 Å². The molecule has 0 bridgehead atoms. The molecule has 0 aromatic carbocycles. The fourth-order valence-electron chi connectivity index (χ4n) is 1.24. The standard InChI is InChI=1S/C12H16ClNO4/c1-2-3-6-17-7-8-18-11-9(12(15)16)4-5-10(13)14-11/h4-5H,2-3,6-8H2,1H3,(H,15,16). The van der Waals surface area contributed by atoms with Gasteiger partial charge in [-0.1, -0.05) is 24.9 Å². The Morgan fingerprint density at radius 2 is 2.17 bits per heavy atom. The summed E-state index contributed by atoms with van der Waals surface area (Å²) in [4.78, 5) is 14.7. The van der Waals surface area contributed by atoms with Gasteiger partial charge in [0.25, 0.3) is 0 Å². The molecule has 0 spiro atoms. The van der Waals surface area contributed by atoms with Gasteiger partial charge in [-0.25, -0.2) is 9.78 Å². The third-order valence-corrected chi connectivity index (χ3v) is 2.38. The lowest BCUT2D eigenvalue weighted by atomic mass is 10.3. The van der Waals surface area contributed by atoms with Crippen molar-refractivity contribution < 1.29 is 19.4 Å². The van der Waals surface area contributed by atoms with E-state index in [2.05, 4.69) is 11.9 Å². The normalized spacial score (nSPS) is 10.3. The van der Waals surface area contributed by atoms with E-state index in [0.717, 1.165) is 12.8 Å². The summed E-state index contributed by atoms with van der Waals surface area (Å²) in [6.07, 6.45) is 2.07. The number of nitrogens with zero attached hydrogens (tertiary/aromatic N) is 1. The van der Waals surface area contributed by atoms with Gasteiger partial charge in [0.05, 0.1) is 6.61 Å². The number of unbranched alkanes of at least 4 members (excludes halogenated alkanes) is 1. The number of aromatic nitrogens is 1. The molecule has 0 radical (unpaired) electrons.